The zero-order chi connectivity index (χ0) is 12.5. The van der Waals surface area contributed by atoms with E-state index in [1.165, 1.54) is 18.9 Å². The SMILES string of the molecule is CC(C)(N)Cc1cccc(F)c1OCC1CC1. The summed E-state index contributed by atoms with van der Waals surface area (Å²) in [6.07, 6.45) is 3.02. The number of ether oxygens (including phenoxy) is 1. The fourth-order valence-electron chi connectivity index (χ4n) is 1.83. The molecular weight excluding hydrogens is 217 g/mol. The summed E-state index contributed by atoms with van der Waals surface area (Å²) >= 11 is 0. The molecule has 0 bridgehead atoms. The van der Waals surface area contributed by atoms with E-state index < -0.39 is 0 Å². The molecule has 1 aliphatic rings. The Morgan fingerprint density at radius 3 is 2.71 bits per heavy atom. The minimum Gasteiger partial charge on any atom is -0.490 e. The Kier molecular flexibility index (Phi) is 3.38. The molecule has 3 heteroatoms. The fourth-order valence-corrected chi connectivity index (χ4v) is 1.83. The van der Waals surface area contributed by atoms with E-state index in [0.29, 0.717) is 24.7 Å². The lowest BCUT2D eigenvalue weighted by Gasteiger charge is -2.21. The second kappa shape index (κ2) is 4.65. The summed E-state index contributed by atoms with van der Waals surface area (Å²) < 4.78 is 19.3. The van der Waals surface area contributed by atoms with E-state index >= 15 is 0 Å². The van der Waals surface area contributed by atoms with Gasteiger partial charge in [0, 0.05) is 5.54 Å². The quantitative estimate of drug-likeness (QED) is 0.854. The molecule has 0 atom stereocenters. The molecule has 94 valence electrons. The molecule has 0 spiro atoms. The van der Waals surface area contributed by atoms with E-state index in [1.807, 2.05) is 19.9 Å². The summed E-state index contributed by atoms with van der Waals surface area (Å²) in [5.41, 5.74) is 6.48. The highest BCUT2D eigenvalue weighted by Gasteiger charge is 2.24. The average molecular weight is 237 g/mol. The second-order valence-electron chi connectivity index (χ2n) is 5.65. The number of nitrogens with two attached hydrogens (primary N) is 1. The first kappa shape index (κ1) is 12.4. The molecule has 2 N–H and O–H groups in total. The van der Waals surface area contributed by atoms with E-state index in [1.54, 1.807) is 6.07 Å². The number of halogens is 1. The highest BCUT2D eigenvalue weighted by molar-refractivity contribution is 5.36. The lowest BCUT2D eigenvalue weighted by atomic mass is 9.95. The normalized spacial score (nSPS) is 16.0. The van der Waals surface area contributed by atoms with E-state index in [9.17, 15) is 4.39 Å². The van der Waals surface area contributed by atoms with Gasteiger partial charge in [0.25, 0.3) is 0 Å². The van der Waals surface area contributed by atoms with Crippen molar-refractivity contribution in [1.82, 2.24) is 0 Å². The van der Waals surface area contributed by atoms with Crippen LogP contribution in [0.4, 0.5) is 4.39 Å². The Balaban J connectivity index is 2.14. The van der Waals surface area contributed by atoms with Crippen LogP contribution in [0.1, 0.15) is 32.3 Å². The third-order valence-corrected chi connectivity index (χ3v) is 2.85. The van der Waals surface area contributed by atoms with Gasteiger partial charge in [-0.05, 0) is 50.7 Å². The van der Waals surface area contributed by atoms with Crippen molar-refractivity contribution < 1.29 is 9.13 Å². The van der Waals surface area contributed by atoms with Gasteiger partial charge in [0.2, 0.25) is 0 Å². The van der Waals surface area contributed by atoms with E-state index in [2.05, 4.69) is 0 Å². The topological polar surface area (TPSA) is 35.2 Å². The molecule has 0 amide bonds. The zero-order valence-electron chi connectivity index (χ0n) is 10.5. The van der Waals surface area contributed by atoms with Gasteiger partial charge < -0.3 is 10.5 Å². The molecule has 1 aliphatic carbocycles. The van der Waals surface area contributed by atoms with Crippen molar-refractivity contribution in [1.29, 1.82) is 0 Å². The molecule has 2 nitrogen and oxygen atoms in total. The summed E-state index contributed by atoms with van der Waals surface area (Å²) in [4.78, 5) is 0. The minimum absolute atomic E-state index is 0.285. The van der Waals surface area contributed by atoms with E-state index in [4.69, 9.17) is 10.5 Å². The van der Waals surface area contributed by atoms with Gasteiger partial charge in [-0.1, -0.05) is 12.1 Å². The van der Waals surface area contributed by atoms with Crippen LogP contribution >= 0.6 is 0 Å². The maximum Gasteiger partial charge on any atom is 0.165 e. The summed E-state index contributed by atoms with van der Waals surface area (Å²) in [7, 11) is 0. The van der Waals surface area contributed by atoms with Crippen LogP contribution in [0.15, 0.2) is 18.2 Å². The van der Waals surface area contributed by atoms with Crippen LogP contribution in [0.5, 0.6) is 5.75 Å². The van der Waals surface area contributed by atoms with Crippen molar-refractivity contribution in [3.05, 3.63) is 29.6 Å². The van der Waals surface area contributed by atoms with Crippen LogP contribution in [0.2, 0.25) is 0 Å². The van der Waals surface area contributed by atoms with Gasteiger partial charge in [0.1, 0.15) is 0 Å². The van der Waals surface area contributed by atoms with Gasteiger partial charge in [0.05, 0.1) is 6.61 Å². The van der Waals surface area contributed by atoms with Gasteiger partial charge in [0.15, 0.2) is 11.6 Å². The maximum absolute atomic E-state index is 13.7. The number of rotatable bonds is 5. The van der Waals surface area contributed by atoms with Crippen molar-refractivity contribution in [2.75, 3.05) is 6.61 Å². The Labute approximate surface area is 102 Å². The zero-order valence-corrected chi connectivity index (χ0v) is 10.5. The van der Waals surface area contributed by atoms with Gasteiger partial charge >= 0.3 is 0 Å². The number of hydrogen-bond donors (Lipinski definition) is 1. The summed E-state index contributed by atoms with van der Waals surface area (Å²) in [6.45, 7) is 4.49. The predicted octanol–water partition coefficient (Wildman–Crippen LogP) is 2.89. The van der Waals surface area contributed by atoms with Crippen molar-refractivity contribution in [2.24, 2.45) is 11.7 Å². The summed E-state index contributed by atoms with van der Waals surface area (Å²) in [6, 6.07) is 5.04. The molecule has 1 saturated carbocycles. The minimum atomic E-state index is -0.356. The molecule has 0 aromatic heterocycles. The van der Waals surface area contributed by atoms with Crippen LogP contribution in [-0.2, 0) is 6.42 Å². The Morgan fingerprint density at radius 1 is 1.41 bits per heavy atom. The van der Waals surface area contributed by atoms with Gasteiger partial charge in [-0.25, -0.2) is 4.39 Å². The standard InChI is InChI=1S/C14H20FNO/c1-14(2,16)8-11-4-3-5-12(15)13(11)17-9-10-6-7-10/h3-5,10H,6-9,16H2,1-2H3. The molecular formula is C14H20FNO. The predicted molar refractivity (Wildman–Crippen MR) is 66.6 cm³/mol. The van der Waals surface area contributed by atoms with Gasteiger partial charge in [-0.3, -0.25) is 0 Å². The lowest BCUT2D eigenvalue weighted by molar-refractivity contribution is 0.280. The molecule has 1 aromatic carbocycles. The fraction of sp³-hybridized carbons (Fsp3) is 0.571. The second-order valence-corrected chi connectivity index (χ2v) is 5.65. The van der Waals surface area contributed by atoms with Crippen molar-refractivity contribution >= 4 is 0 Å². The first-order chi connectivity index (χ1) is 7.96. The van der Waals surface area contributed by atoms with Crippen LogP contribution < -0.4 is 10.5 Å². The van der Waals surface area contributed by atoms with Crippen LogP contribution in [0.3, 0.4) is 0 Å². The Hall–Kier alpha value is -1.09. The first-order valence-corrected chi connectivity index (χ1v) is 6.15. The molecule has 2 rings (SSSR count). The van der Waals surface area contributed by atoms with Gasteiger partial charge in [-0.2, -0.15) is 0 Å². The van der Waals surface area contributed by atoms with Crippen LogP contribution in [-0.4, -0.2) is 12.1 Å². The summed E-state index contributed by atoms with van der Waals surface area (Å²) in [5, 5.41) is 0. The van der Waals surface area contributed by atoms with Crippen molar-refractivity contribution in [3.63, 3.8) is 0 Å². The third-order valence-electron chi connectivity index (χ3n) is 2.85. The smallest absolute Gasteiger partial charge is 0.165 e. The molecule has 0 saturated heterocycles. The monoisotopic (exact) mass is 237 g/mol. The molecule has 1 fully saturated rings. The third kappa shape index (κ3) is 3.70. The van der Waals surface area contributed by atoms with E-state index in [-0.39, 0.29) is 11.4 Å². The highest BCUT2D eigenvalue weighted by Crippen LogP contribution is 2.32. The van der Waals surface area contributed by atoms with Crippen LogP contribution in [0, 0.1) is 11.7 Å². The maximum atomic E-state index is 13.7. The molecule has 17 heavy (non-hydrogen) atoms. The molecule has 0 unspecified atom stereocenters. The van der Waals surface area contributed by atoms with Crippen LogP contribution in [0.25, 0.3) is 0 Å². The number of para-hydroxylation sites is 1. The molecule has 0 radical (unpaired) electrons. The largest absolute Gasteiger partial charge is 0.490 e. The molecule has 0 heterocycles. The van der Waals surface area contributed by atoms with Crippen molar-refractivity contribution in [3.8, 4) is 5.75 Å². The Morgan fingerprint density at radius 2 is 2.12 bits per heavy atom. The Bertz CT molecular complexity index is 394. The number of benzene rings is 1. The van der Waals surface area contributed by atoms with Gasteiger partial charge in [-0.15, -0.1) is 0 Å². The first-order valence-electron chi connectivity index (χ1n) is 6.15. The highest BCUT2D eigenvalue weighted by atomic mass is 19.1. The number of hydrogen-bond acceptors (Lipinski definition) is 2. The molecule has 0 aliphatic heterocycles. The average Bonchev–Trinajstić information content (AvgIpc) is 2.98. The lowest BCUT2D eigenvalue weighted by Crippen LogP contribution is -2.34. The van der Waals surface area contributed by atoms with Crippen molar-refractivity contribution in [2.45, 2.75) is 38.6 Å². The van der Waals surface area contributed by atoms with E-state index in [0.717, 1.165) is 5.56 Å². The molecule has 1 aromatic rings. The summed E-state index contributed by atoms with van der Waals surface area (Å²) in [5.74, 6) is 0.721.